The van der Waals surface area contributed by atoms with Gasteiger partial charge in [0.25, 0.3) is 0 Å². The molecule has 1 fully saturated rings. The largest absolute Gasteiger partial charge is 0.381 e. The second kappa shape index (κ2) is 6.13. The Kier molecular flexibility index (Phi) is 4.70. The molecule has 114 valence electrons. The Labute approximate surface area is 120 Å². The molecule has 1 aromatic rings. The molecule has 6 nitrogen and oxygen atoms in total. The van der Waals surface area contributed by atoms with Crippen LogP contribution in [-0.2, 0) is 17.1 Å². The van der Waals surface area contributed by atoms with Crippen LogP contribution in [0.3, 0.4) is 0 Å². The molecule has 0 aromatic carbocycles. The van der Waals surface area contributed by atoms with Crippen molar-refractivity contribution < 1.29 is 8.42 Å². The van der Waals surface area contributed by atoms with Crippen molar-refractivity contribution >= 4 is 15.8 Å². The summed E-state index contributed by atoms with van der Waals surface area (Å²) in [5, 5.41) is 3.95. The summed E-state index contributed by atoms with van der Waals surface area (Å²) >= 11 is 0. The van der Waals surface area contributed by atoms with E-state index in [1.165, 1.54) is 36.8 Å². The van der Waals surface area contributed by atoms with Crippen LogP contribution in [0.5, 0.6) is 0 Å². The van der Waals surface area contributed by atoms with Gasteiger partial charge < -0.3 is 5.73 Å². The van der Waals surface area contributed by atoms with Crippen molar-refractivity contribution in [2.24, 2.45) is 13.0 Å². The summed E-state index contributed by atoms with van der Waals surface area (Å²) in [5.74, 6) is 0.717. The van der Waals surface area contributed by atoms with Gasteiger partial charge in [-0.05, 0) is 19.3 Å². The van der Waals surface area contributed by atoms with Crippen LogP contribution in [0.2, 0.25) is 0 Å². The molecule has 20 heavy (non-hydrogen) atoms. The minimum absolute atomic E-state index is 0.0650. The maximum atomic E-state index is 12.3. The number of nitrogen functional groups attached to an aromatic ring is 1. The van der Waals surface area contributed by atoms with Crippen molar-refractivity contribution in [3.63, 3.8) is 0 Å². The van der Waals surface area contributed by atoms with E-state index in [0.717, 1.165) is 6.42 Å². The van der Waals surface area contributed by atoms with Crippen LogP contribution < -0.4 is 10.5 Å². The van der Waals surface area contributed by atoms with Crippen molar-refractivity contribution in [2.75, 3.05) is 12.3 Å². The highest BCUT2D eigenvalue weighted by atomic mass is 32.2. The molecule has 0 aliphatic heterocycles. The second-order valence-electron chi connectivity index (χ2n) is 5.61. The number of rotatable bonds is 5. The average Bonchev–Trinajstić information content (AvgIpc) is 2.64. The highest BCUT2D eigenvalue weighted by Crippen LogP contribution is 2.26. The molecule has 0 radical (unpaired) electrons. The summed E-state index contributed by atoms with van der Waals surface area (Å²) in [4.78, 5) is 0.114. The second-order valence-corrected chi connectivity index (χ2v) is 7.32. The van der Waals surface area contributed by atoms with Gasteiger partial charge in [0.05, 0.1) is 5.69 Å². The highest BCUT2D eigenvalue weighted by Gasteiger charge is 2.24. The Balaban J connectivity index is 1.97. The van der Waals surface area contributed by atoms with E-state index >= 15 is 0 Å². The summed E-state index contributed by atoms with van der Waals surface area (Å²) in [6.45, 7) is 2.18. The standard InChI is InChI=1S/C13H24N4O2S/c1-10-12(13(14)16-17(10)2)20(18,19)15-9-8-11-6-4-3-5-7-11/h11,15H,3-9H2,1-2H3,(H2,14,16). The molecule has 1 aromatic heterocycles. The van der Waals surface area contributed by atoms with Crippen molar-refractivity contribution in [1.82, 2.24) is 14.5 Å². The summed E-state index contributed by atoms with van der Waals surface area (Å²) in [5.41, 5.74) is 6.25. The van der Waals surface area contributed by atoms with Crippen LogP contribution in [-0.4, -0.2) is 24.7 Å². The van der Waals surface area contributed by atoms with Gasteiger partial charge in [-0.15, -0.1) is 0 Å². The first-order chi connectivity index (χ1) is 9.42. The van der Waals surface area contributed by atoms with Crippen molar-refractivity contribution in [1.29, 1.82) is 0 Å². The molecule has 1 saturated carbocycles. The topological polar surface area (TPSA) is 90.0 Å². The number of aromatic nitrogens is 2. The molecule has 0 unspecified atom stereocenters. The maximum absolute atomic E-state index is 12.3. The third-order valence-electron chi connectivity index (χ3n) is 4.14. The maximum Gasteiger partial charge on any atom is 0.246 e. The molecular weight excluding hydrogens is 276 g/mol. The number of nitrogens with two attached hydrogens (primary N) is 1. The van der Waals surface area contributed by atoms with E-state index in [2.05, 4.69) is 9.82 Å². The van der Waals surface area contributed by atoms with Gasteiger partial charge in [0.2, 0.25) is 10.0 Å². The molecule has 0 atom stereocenters. The van der Waals surface area contributed by atoms with E-state index < -0.39 is 10.0 Å². The van der Waals surface area contributed by atoms with Gasteiger partial charge in [-0.25, -0.2) is 13.1 Å². The molecule has 0 amide bonds. The van der Waals surface area contributed by atoms with Gasteiger partial charge in [0, 0.05) is 13.6 Å². The predicted octanol–water partition coefficient (Wildman–Crippen LogP) is 1.56. The summed E-state index contributed by atoms with van der Waals surface area (Å²) < 4.78 is 28.7. The molecule has 0 bridgehead atoms. The number of hydrogen-bond acceptors (Lipinski definition) is 4. The van der Waals surface area contributed by atoms with Crippen LogP contribution in [0.25, 0.3) is 0 Å². The Morgan fingerprint density at radius 2 is 2.00 bits per heavy atom. The third kappa shape index (κ3) is 3.32. The fraction of sp³-hybridized carbons (Fsp3) is 0.769. The van der Waals surface area contributed by atoms with E-state index in [4.69, 9.17) is 5.73 Å². The minimum atomic E-state index is -3.56. The first-order valence-electron chi connectivity index (χ1n) is 7.20. The molecule has 2 rings (SSSR count). The smallest absolute Gasteiger partial charge is 0.246 e. The number of hydrogen-bond donors (Lipinski definition) is 2. The van der Waals surface area contributed by atoms with Gasteiger partial charge in [0.15, 0.2) is 5.82 Å². The Morgan fingerprint density at radius 1 is 1.35 bits per heavy atom. The van der Waals surface area contributed by atoms with Gasteiger partial charge >= 0.3 is 0 Å². The van der Waals surface area contributed by atoms with E-state index in [1.54, 1.807) is 14.0 Å². The van der Waals surface area contributed by atoms with Gasteiger partial charge in [-0.3, -0.25) is 4.68 Å². The van der Waals surface area contributed by atoms with Crippen LogP contribution in [0.15, 0.2) is 4.90 Å². The lowest BCUT2D eigenvalue weighted by Gasteiger charge is -2.21. The first kappa shape index (κ1) is 15.3. The number of nitrogens with one attached hydrogen (secondary N) is 1. The molecule has 1 heterocycles. The Bertz CT molecular complexity index is 559. The van der Waals surface area contributed by atoms with E-state index in [1.807, 2.05) is 0 Å². The van der Waals surface area contributed by atoms with Gasteiger partial charge in [-0.2, -0.15) is 5.10 Å². The lowest BCUT2D eigenvalue weighted by molar-refractivity contribution is 0.339. The molecule has 1 aliphatic rings. The van der Waals surface area contributed by atoms with Gasteiger partial charge in [-0.1, -0.05) is 32.1 Å². The predicted molar refractivity (Wildman–Crippen MR) is 78.7 cm³/mol. The lowest BCUT2D eigenvalue weighted by atomic mass is 9.87. The molecule has 3 N–H and O–H groups in total. The quantitative estimate of drug-likeness (QED) is 0.863. The minimum Gasteiger partial charge on any atom is -0.381 e. The zero-order valence-electron chi connectivity index (χ0n) is 12.2. The van der Waals surface area contributed by atoms with Crippen LogP contribution >= 0.6 is 0 Å². The summed E-state index contributed by atoms with van der Waals surface area (Å²) in [6, 6.07) is 0. The van der Waals surface area contributed by atoms with Crippen LogP contribution in [0, 0.1) is 12.8 Å². The number of nitrogens with zero attached hydrogens (tertiary/aromatic N) is 2. The van der Waals surface area contributed by atoms with E-state index in [9.17, 15) is 8.42 Å². The molecular formula is C13H24N4O2S. The average molecular weight is 300 g/mol. The fourth-order valence-electron chi connectivity index (χ4n) is 2.89. The Morgan fingerprint density at radius 3 is 2.55 bits per heavy atom. The normalized spacial score (nSPS) is 17.5. The molecule has 1 aliphatic carbocycles. The number of aryl methyl sites for hydroxylation is 1. The molecule has 0 spiro atoms. The molecule has 0 saturated heterocycles. The summed E-state index contributed by atoms with van der Waals surface area (Å²) in [7, 11) is -1.87. The molecule has 7 heteroatoms. The van der Waals surface area contributed by atoms with Crippen LogP contribution in [0.4, 0.5) is 5.82 Å². The van der Waals surface area contributed by atoms with Crippen molar-refractivity contribution in [2.45, 2.75) is 50.3 Å². The third-order valence-corrected chi connectivity index (χ3v) is 5.77. The SMILES string of the molecule is Cc1c(S(=O)(=O)NCCC2CCCCC2)c(N)nn1C. The Hall–Kier alpha value is -1.08. The first-order valence-corrected chi connectivity index (χ1v) is 8.69. The van der Waals surface area contributed by atoms with Crippen LogP contribution in [0.1, 0.15) is 44.2 Å². The zero-order valence-corrected chi connectivity index (χ0v) is 13.0. The van der Waals surface area contributed by atoms with Gasteiger partial charge in [0.1, 0.15) is 4.90 Å². The van der Waals surface area contributed by atoms with E-state index in [0.29, 0.717) is 18.2 Å². The van der Waals surface area contributed by atoms with E-state index in [-0.39, 0.29) is 10.7 Å². The van der Waals surface area contributed by atoms with Crippen molar-refractivity contribution in [3.8, 4) is 0 Å². The van der Waals surface area contributed by atoms with Crippen molar-refractivity contribution in [3.05, 3.63) is 5.69 Å². The fourth-order valence-corrected chi connectivity index (χ4v) is 4.26. The number of anilines is 1. The zero-order chi connectivity index (χ0) is 14.8. The monoisotopic (exact) mass is 300 g/mol. The lowest BCUT2D eigenvalue weighted by Crippen LogP contribution is -2.27. The summed E-state index contributed by atoms with van der Waals surface area (Å²) in [6.07, 6.45) is 7.19. The number of sulfonamides is 1. The highest BCUT2D eigenvalue weighted by molar-refractivity contribution is 7.89.